The Morgan fingerprint density at radius 3 is 2.95 bits per heavy atom. The molecule has 1 aliphatic carbocycles. The van der Waals surface area contributed by atoms with Crippen LogP contribution in [0.4, 0.5) is 4.79 Å². The number of carbonyl (C=O) groups is 1. The molecule has 9 heteroatoms. The summed E-state index contributed by atoms with van der Waals surface area (Å²) in [5.74, 6) is 0. The molecular formula is C13H18N4O4S. The van der Waals surface area contributed by atoms with Crippen LogP contribution in [0, 0.1) is 0 Å². The first-order valence-electron chi connectivity index (χ1n) is 7.13. The second kappa shape index (κ2) is 6.29. The minimum atomic E-state index is -3.52. The number of carbonyl (C=O) groups excluding carboxylic acids is 1. The smallest absolute Gasteiger partial charge is 0.346 e. The molecule has 0 aromatic rings. The van der Waals surface area contributed by atoms with E-state index >= 15 is 0 Å². The van der Waals surface area contributed by atoms with Gasteiger partial charge in [-0.15, -0.1) is 0 Å². The fourth-order valence-corrected chi connectivity index (χ4v) is 3.67. The van der Waals surface area contributed by atoms with Crippen molar-refractivity contribution >= 4 is 21.8 Å². The molecule has 3 aliphatic rings. The number of rotatable bonds is 5. The van der Waals surface area contributed by atoms with Crippen molar-refractivity contribution in [3.05, 3.63) is 23.9 Å². The highest BCUT2D eigenvalue weighted by molar-refractivity contribution is 7.90. The molecule has 2 heterocycles. The molecular weight excluding hydrogens is 308 g/mol. The number of aliphatic imine (C=N–C) groups is 1. The quantitative estimate of drug-likeness (QED) is 0.691. The molecule has 0 bridgehead atoms. The Morgan fingerprint density at radius 1 is 1.41 bits per heavy atom. The van der Waals surface area contributed by atoms with E-state index in [2.05, 4.69) is 19.9 Å². The second-order valence-corrected chi connectivity index (χ2v) is 7.15. The average molecular weight is 326 g/mol. The van der Waals surface area contributed by atoms with Gasteiger partial charge in [0.1, 0.15) is 5.25 Å². The lowest BCUT2D eigenvalue weighted by atomic mass is 10.1. The van der Waals surface area contributed by atoms with E-state index < -0.39 is 21.3 Å². The summed E-state index contributed by atoms with van der Waals surface area (Å²) in [6.45, 7) is 4.02. The van der Waals surface area contributed by atoms with E-state index in [0.717, 1.165) is 13.1 Å². The van der Waals surface area contributed by atoms with Gasteiger partial charge >= 0.3 is 6.03 Å². The van der Waals surface area contributed by atoms with E-state index in [9.17, 15) is 13.2 Å². The monoisotopic (exact) mass is 326 g/mol. The number of nitrogens with one attached hydrogen (secondary N) is 2. The van der Waals surface area contributed by atoms with Crippen LogP contribution in [0.5, 0.6) is 0 Å². The number of nitrogens with zero attached hydrogens (tertiary/aromatic N) is 2. The number of morpholine rings is 1. The molecule has 120 valence electrons. The van der Waals surface area contributed by atoms with Crippen LogP contribution in [0.3, 0.4) is 0 Å². The Morgan fingerprint density at radius 2 is 2.18 bits per heavy atom. The van der Waals surface area contributed by atoms with Crippen molar-refractivity contribution in [1.29, 1.82) is 0 Å². The minimum Gasteiger partial charge on any atom is -0.379 e. The first-order chi connectivity index (χ1) is 10.5. The first-order valence-corrected chi connectivity index (χ1v) is 8.68. The summed E-state index contributed by atoms with van der Waals surface area (Å²) in [4.78, 5) is 17.0. The molecule has 1 atom stereocenters. The number of urea groups is 1. The first kappa shape index (κ1) is 15.3. The predicted octanol–water partition coefficient (Wildman–Crippen LogP) is -0.775. The highest BCUT2D eigenvalue weighted by atomic mass is 32.2. The molecule has 0 radical (unpaired) electrons. The molecule has 1 unspecified atom stereocenters. The molecule has 0 spiro atoms. The van der Waals surface area contributed by atoms with Crippen LogP contribution in [0.1, 0.15) is 0 Å². The van der Waals surface area contributed by atoms with Gasteiger partial charge in [0.15, 0.2) is 0 Å². The molecule has 0 aromatic heterocycles. The van der Waals surface area contributed by atoms with Crippen molar-refractivity contribution in [1.82, 2.24) is 14.9 Å². The van der Waals surface area contributed by atoms with Crippen LogP contribution >= 0.6 is 0 Å². The fourth-order valence-electron chi connectivity index (χ4n) is 2.50. The third kappa shape index (κ3) is 3.43. The molecule has 0 aromatic carbocycles. The second-order valence-electron chi connectivity index (χ2n) is 5.22. The Balaban J connectivity index is 1.56. The Kier molecular flexibility index (Phi) is 4.39. The van der Waals surface area contributed by atoms with Gasteiger partial charge in [0.25, 0.3) is 0 Å². The molecule has 0 saturated carbocycles. The lowest BCUT2D eigenvalue weighted by Crippen LogP contribution is -2.43. The number of sulfonamides is 1. The molecule has 2 amide bonds. The van der Waals surface area contributed by atoms with Crippen LogP contribution in [-0.4, -0.2) is 69.7 Å². The van der Waals surface area contributed by atoms with Gasteiger partial charge in [0, 0.05) is 26.2 Å². The van der Waals surface area contributed by atoms with Gasteiger partial charge in [0.05, 0.1) is 24.6 Å². The Hall–Kier alpha value is -1.55. The van der Waals surface area contributed by atoms with Crippen LogP contribution < -0.4 is 10.0 Å². The number of hydrogen-bond donors (Lipinski definition) is 2. The van der Waals surface area contributed by atoms with Gasteiger partial charge in [-0.3, -0.25) is 4.90 Å². The minimum absolute atomic E-state index is 0.350. The molecule has 2 aliphatic heterocycles. The summed E-state index contributed by atoms with van der Waals surface area (Å²) in [7, 11) is -3.52. The van der Waals surface area contributed by atoms with E-state index in [0.29, 0.717) is 37.7 Å². The maximum Gasteiger partial charge on any atom is 0.346 e. The summed E-state index contributed by atoms with van der Waals surface area (Å²) >= 11 is 0. The largest absolute Gasteiger partial charge is 0.379 e. The van der Waals surface area contributed by atoms with Crippen LogP contribution in [0.2, 0.25) is 0 Å². The van der Waals surface area contributed by atoms with Gasteiger partial charge < -0.3 is 10.1 Å². The summed E-state index contributed by atoms with van der Waals surface area (Å²) < 4.78 is 32.4. The summed E-state index contributed by atoms with van der Waals surface area (Å²) in [5.41, 5.74) is 0.931. The average Bonchev–Trinajstić information content (AvgIpc) is 2.87. The van der Waals surface area contributed by atoms with Gasteiger partial charge in [0.2, 0.25) is 10.0 Å². The lowest BCUT2D eigenvalue weighted by molar-refractivity contribution is 0.0390. The number of allylic oxidation sites excluding steroid dienone is 1. The van der Waals surface area contributed by atoms with Gasteiger partial charge in [-0.25, -0.2) is 17.9 Å². The van der Waals surface area contributed by atoms with E-state index in [1.807, 2.05) is 0 Å². The predicted molar refractivity (Wildman–Crippen MR) is 81.2 cm³/mol. The highest BCUT2D eigenvalue weighted by Gasteiger charge is 2.28. The number of ether oxygens (including phenoxy) is 1. The van der Waals surface area contributed by atoms with Gasteiger partial charge in [-0.05, 0) is 12.2 Å². The van der Waals surface area contributed by atoms with Crippen molar-refractivity contribution in [3.63, 3.8) is 0 Å². The molecule has 22 heavy (non-hydrogen) atoms. The summed E-state index contributed by atoms with van der Waals surface area (Å²) in [5, 5.41) is 1.72. The van der Waals surface area contributed by atoms with E-state index in [-0.39, 0.29) is 0 Å². The molecule has 8 nitrogen and oxygen atoms in total. The summed E-state index contributed by atoms with van der Waals surface area (Å²) in [6.07, 6.45) is 4.58. The molecule has 1 fully saturated rings. The highest BCUT2D eigenvalue weighted by Crippen LogP contribution is 2.16. The molecule has 2 N–H and O–H groups in total. The van der Waals surface area contributed by atoms with E-state index in [1.165, 1.54) is 12.2 Å². The topological polar surface area (TPSA) is 100 Å². The van der Waals surface area contributed by atoms with Crippen molar-refractivity contribution in [3.8, 4) is 0 Å². The normalized spacial score (nSPS) is 25.5. The van der Waals surface area contributed by atoms with Crippen LogP contribution in [0.15, 0.2) is 28.9 Å². The van der Waals surface area contributed by atoms with Gasteiger partial charge in [-0.1, -0.05) is 6.08 Å². The number of hydrogen-bond acceptors (Lipinski definition) is 5. The van der Waals surface area contributed by atoms with Crippen molar-refractivity contribution in [2.45, 2.75) is 5.25 Å². The zero-order valence-electron chi connectivity index (χ0n) is 12.0. The zero-order valence-corrected chi connectivity index (χ0v) is 12.8. The standard InChI is InChI=1S/C13H18N4O4S/c18-13-15-11-2-1-10(9-12(11)16-13)22(19,20)14-3-4-17-5-7-21-8-6-17/h1-2,9-10,14H,3-8H2,(H,16,18). The third-order valence-electron chi connectivity index (χ3n) is 3.71. The van der Waals surface area contributed by atoms with Crippen molar-refractivity contribution in [2.24, 2.45) is 4.99 Å². The van der Waals surface area contributed by atoms with Crippen LogP contribution in [0.25, 0.3) is 0 Å². The maximum absolute atomic E-state index is 12.3. The third-order valence-corrected chi connectivity index (χ3v) is 5.32. The number of amides is 2. The lowest BCUT2D eigenvalue weighted by Gasteiger charge is -2.26. The summed E-state index contributed by atoms with van der Waals surface area (Å²) in [6, 6.07) is -0.468. The van der Waals surface area contributed by atoms with Crippen LogP contribution in [-0.2, 0) is 14.8 Å². The molecule has 1 saturated heterocycles. The SMILES string of the molecule is O=C1N=C2C=CC(S(=O)(=O)NCCN3CCOCC3)C=C2N1. The van der Waals surface area contributed by atoms with Gasteiger partial charge in [-0.2, -0.15) is 4.99 Å². The maximum atomic E-state index is 12.3. The number of fused-ring (bicyclic) bond motifs is 1. The molecule has 3 rings (SSSR count). The van der Waals surface area contributed by atoms with Crippen molar-refractivity contribution < 1.29 is 17.9 Å². The fraction of sp³-hybridized carbons (Fsp3) is 0.538. The van der Waals surface area contributed by atoms with Crippen molar-refractivity contribution in [2.75, 3.05) is 39.4 Å². The Bertz CT molecular complexity index is 647. The van der Waals surface area contributed by atoms with E-state index in [1.54, 1.807) is 6.08 Å². The zero-order chi connectivity index (χ0) is 15.6. The van der Waals surface area contributed by atoms with E-state index in [4.69, 9.17) is 4.74 Å². The Labute approximate surface area is 129 Å².